The Labute approximate surface area is 126 Å². The van der Waals surface area contributed by atoms with Crippen molar-refractivity contribution in [3.05, 3.63) is 17.0 Å². The molecule has 1 N–H and O–H groups in total. The van der Waals surface area contributed by atoms with Crippen molar-refractivity contribution < 1.29 is 13.2 Å². The monoisotopic (exact) mass is 320 g/mol. The number of sulfonamides is 1. The zero-order valence-corrected chi connectivity index (χ0v) is 14.2. The lowest BCUT2D eigenvalue weighted by molar-refractivity contribution is 0.175. The molecule has 1 rings (SSSR count). The van der Waals surface area contributed by atoms with Crippen molar-refractivity contribution in [3.8, 4) is 0 Å². The molecule has 0 aliphatic carbocycles. The third-order valence-electron chi connectivity index (χ3n) is 2.70. The van der Waals surface area contributed by atoms with Gasteiger partial charge in [-0.25, -0.2) is 8.42 Å². The van der Waals surface area contributed by atoms with Crippen LogP contribution in [0.5, 0.6) is 0 Å². The molecule has 0 spiro atoms. The topological polar surface area (TPSA) is 58.6 Å². The maximum atomic E-state index is 12.7. The molecule has 1 aromatic heterocycles. The van der Waals surface area contributed by atoms with Crippen molar-refractivity contribution in [2.75, 3.05) is 33.9 Å². The predicted octanol–water partition coefficient (Wildman–Crippen LogP) is 1.76. The quantitative estimate of drug-likeness (QED) is 0.753. The zero-order valence-electron chi connectivity index (χ0n) is 12.5. The average Bonchev–Trinajstić information content (AvgIpc) is 2.83. The highest BCUT2D eigenvalue weighted by Gasteiger charge is 2.26. The molecule has 5 nitrogen and oxygen atoms in total. The van der Waals surface area contributed by atoms with Crippen LogP contribution in [0.15, 0.2) is 16.3 Å². The molecule has 0 fully saturated rings. The molecular weight excluding hydrogens is 296 g/mol. The summed E-state index contributed by atoms with van der Waals surface area (Å²) in [6.45, 7) is 6.00. The highest BCUT2D eigenvalue weighted by Crippen LogP contribution is 2.25. The van der Waals surface area contributed by atoms with Gasteiger partial charge in [0, 0.05) is 31.6 Å². The summed E-state index contributed by atoms with van der Waals surface area (Å²) in [5, 5.41) is 3.03. The molecule has 116 valence electrons. The number of hydrogen-bond acceptors (Lipinski definition) is 5. The lowest BCUT2D eigenvalue weighted by Gasteiger charge is -2.22. The third-order valence-corrected chi connectivity index (χ3v) is 6.11. The molecule has 0 amide bonds. The van der Waals surface area contributed by atoms with Gasteiger partial charge in [0.25, 0.3) is 10.0 Å². The molecule has 0 saturated carbocycles. The highest BCUT2D eigenvalue weighted by molar-refractivity contribution is 7.91. The summed E-state index contributed by atoms with van der Waals surface area (Å²) in [6.07, 6.45) is 0. The van der Waals surface area contributed by atoms with Crippen LogP contribution in [0.3, 0.4) is 0 Å². The summed E-state index contributed by atoms with van der Waals surface area (Å²) in [4.78, 5) is 1.02. The van der Waals surface area contributed by atoms with Crippen molar-refractivity contribution >= 4 is 21.4 Å². The molecule has 0 radical (unpaired) electrons. The maximum Gasteiger partial charge on any atom is 0.252 e. The van der Waals surface area contributed by atoms with E-state index in [1.807, 2.05) is 27.0 Å². The fourth-order valence-corrected chi connectivity index (χ4v) is 4.91. The van der Waals surface area contributed by atoms with Crippen molar-refractivity contribution in [2.45, 2.75) is 24.6 Å². The number of nitrogens with one attached hydrogen (secondary N) is 1. The van der Waals surface area contributed by atoms with Gasteiger partial charge < -0.3 is 10.1 Å². The van der Waals surface area contributed by atoms with Crippen LogP contribution in [0, 0.1) is 5.92 Å². The molecule has 1 heterocycles. The molecule has 0 aromatic carbocycles. The molecule has 7 heteroatoms. The molecule has 0 aliphatic heterocycles. The van der Waals surface area contributed by atoms with Crippen LogP contribution < -0.4 is 5.32 Å². The standard InChI is InChI=1S/C13H24N2O3S2/c1-11(2)10-15(7-8-18-4)20(16,17)13-6-5-12(19-13)9-14-3/h5-6,11,14H,7-10H2,1-4H3. The van der Waals surface area contributed by atoms with Crippen LogP contribution in [0.4, 0.5) is 0 Å². The minimum Gasteiger partial charge on any atom is -0.383 e. The zero-order chi connectivity index (χ0) is 15.2. The van der Waals surface area contributed by atoms with Crippen molar-refractivity contribution in [3.63, 3.8) is 0 Å². The average molecular weight is 320 g/mol. The largest absolute Gasteiger partial charge is 0.383 e. The van der Waals surface area contributed by atoms with E-state index in [1.54, 1.807) is 13.2 Å². The first-order valence-electron chi connectivity index (χ1n) is 6.64. The summed E-state index contributed by atoms with van der Waals surface area (Å²) < 4.78 is 32.2. The lowest BCUT2D eigenvalue weighted by Crippen LogP contribution is -2.36. The summed E-state index contributed by atoms with van der Waals surface area (Å²) in [6, 6.07) is 3.55. The second-order valence-corrected chi connectivity index (χ2v) is 8.33. The smallest absolute Gasteiger partial charge is 0.252 e. The summed E-state index contributed by atoms with van der Waals surface area (Å²) in [5.74, 6) is 0.276. The van der Waals surface area contributed by atoms with Crippen LogP contribution >= 0.6 is 11.3 Å². The Morgan fingerprint density at radius 2 is 2.10 bits per heavy atom. The number of methoxy groups -OCH3 is 1. The van der Waals surface area contributed by atoms with Gasteiger partial charge in [0.05, 0.1) is 6.61 Å². The van der Waals surface area contributed by atoms with Crippen molar-refractivity contribution in [1.82, 2.24) is 9.62 Å². The SMILES string of the molecule is CNCc1ccc(S(=O)(=O)N(CCOC)CC(C)C)s1. The van der Waals surface area contributed by atoms with Crippen molar-refractivity contribution in [2.24, 2.45) is 5.92 Å². The second kappa shape index (κ2) is 8.09. The Balaban J connectivity index is 2.94. The van der Waals surface area contributed by atoms with E-state index in [-0.39, 0.29) is 5.92 Å². The first-order valence-corrected chi connectivity index (χ1v) is 8.89. The van der Waals surface area contributed by atoms with Gasteiger partial charge in [-0.1, -0.05) is 13.8 Å². The third kappa shape index (κ3) is 4.82. The van der Waals surface area contributed by atoms with Crippen LogP contribution in [0.2, 0.25) is 0 Å². The summed E-state index contributed by atoms with van der Waals surface area (Å²) >= 11 is 1.32. The molecular formula is C13H24N2O3S2. The van der Waals surface area contributed by atoms with Crippen LogP contribution in [-0.2, 0) is 21.3 Å². The van der Waals surface area contributed by atoms with Crippen molar-refractivity contribution in [1.29, 1.82) is 0 Å². The van der Waals surface area contributed by atoms with Crippen LogP contribution in [0.25, 0.3) is 0 Å². The van der Waals surface area contributed by atoms with E-state index in [9.17, 15) is 8.42 Å². The Kier molecular flexibility index (Phi) is 7.11. The summed E-state index contributed by atoms with van der Waals surface area (Å²) in [5.41, 5.74) is 0. The summed E-state index contributed by atoms with van der Waals surface area (Å²) in [7, 11) is 0.00271. The van der Waals surface area contributed by atoms with Crippen LogP contribution in [0.1, 0.15) is 18.7 Å². The van der Waals surface area contributed by atoms with E-state index < -0.39 is 10.0 Å². The number of hydrogen-bond donors (Lipinski definition) is 1. The Hall–Kier alpha value is -0.470. The van der Waals surface area contributed by atoms with Gasteiger partial charge in [0.2, 0.25) is 0 Å². The van der Waals surface area contributed by atoms with Gasteiger partial charge in [-0.3, -0.25) is 0 Å². The molecule has 0 aliphatic rings. The van der Waals surface area contributed by atoms with E-state index in [1.165, 1.54) is 15.6 Å². The molecule has 0 saturated heterocycles. The van der Waals surface area contributed by atoms with Gasteiger partial charge in [0.15, 0.2) is 0 Å². The van der Waals surface area contributed by atoms with Gasteiger partial charge in [0.1, 0.15) is 4.21 Å². The number of ether oxygens (including phenoxy) is 1. The predicted molar refractivity (Wildman–Crippen MR) is 82.6 cm³/mol. The first-order chi connectivity index (χ1) is 9.41. The molecule has 0 bridgehead atoms. The molecule has 1 aromatic rings. The lowest BCUT2D eigenvalue weighted by atomic mass is 10.2. The maximum absolute atomic E-state index is 12.7. The Morgan fingerprint density at radius 1 is 1.40 bits per heavy atom. The van der Waals surface area contributed by atoms with Gasteiger partial charge in [-0.05, 0) is 25.1 Å². The molecule has 0 atom stereocenters. The van der Waals surface area contributed by atoms with Gasteiger partial charge in [-0.15, -0.1) is 11.3 Å². The molecule has 20 heavy (non-hydrogen) atoms. The van der Waals surface area contributed by atoms with E-state index in [0.29, 0.717) is 30.5 Å². The number of thiophene rings is 1. The highest BCUT2D eigenvalue weighted by atomic mass is 32.2. The number of nitrogens with zero attached hydrogens (tertiary/aromatic N) is 1. The van der Waals surface area contributed by atoms with Gasteiger partial charge >= 0.3 is 0 Å². The number of rotatable bonds is 9. The van der Waals surface area contributed by atoms with Gasteiger partial charge in [-0.2, -0.15) is 4.31 Å². The normalized spacial score (nSPS) is 12.5. The van der Waals surface area contributed by atoms with E-state index in [4.69, 9.17) is 4.74 Å². The van der Waals surface area contributed by atoms with E-state index >= 15 is 0 Å². The minimum atomic E-state index is -3.42. The van der Waals surface area contributed by atoms with E-state index in [2.05, 4.69) is 5.32 Å². The minimum absolute atomic E-state index is 0.276. The van der Waals surface area contributed by atoms with Crippen LogP contribution in [-0.4, -0.2) is 46.6 Å². The second-order valence-electron chi connectivity index (χ2n) is 5.00. The fourth-order valence-electron chi connectivity index (χ4n) is 1.80. The molecule has 0 unspecified atom stereocenters. The van der Waals surface area contributed by atoms with E-state index in [0.717, 1.165) is 4.88 Å². The Morgan fingerprint density at radius 3 is 2.65 bits per heavy atom. The fraction of sp³-hybridized carbons (Fsp3) is 0.692. The first kappa shape index (κ1) is 17.6. The Bertz CT molecular complexity index is 497.